The molecule has 1 fully saturated rings. The molecule has 0 spiro atoms. The third-order valence-electron chi connectivity index (χ3n) is 4.69. The maximum absolute atomic E-state index is 12.7. The summed E-state index contributed by atoms with van der Waals surface area (Å²) in [6.45, 7) is 0.796. The molecule has 0 radical (unpaired) electrons. The Balaban J connectivity index is 1.86. The molecule has 2 aromatic carbocycles. The first-order valence-electron chi connectivity index (χ1n) is 9.08. The van der Waals surface area contributed by atoms with Gasteiger partial charge in [-0.25, -0.2) is 21.6 Å². The fourth-order valence-corrected chi connectivity index (χ4v) is 5.75. The van der Waals surface area contributed by atoms with Gasteiger partial charge < -0.3 is 9.47 Å². The van der Waals surface area contributed by atoms with Crippen LogP contribution >= 0.6 is 0 Å². The average Bonchev–Trinajstić information content (AvgIpc) is 3.29. The molecule has 0 atom stereocenters. The first-order valence-corrected chi connectivity index (χ1v) is 12.0. The Kier molecular flexibility index (Phi) is 6.34. The molecule has 1 heterocycles. The molecule has 0 aromatic heterocycles. The first kappa shape index (κ1) is 22.1. The summed E-state index contributed by atoms with van der Waals surface area (Å²) in [7, 11) is -5.27. The molecule has 9 nitrogen and oxygen atoms in total. The predicted octanol–water partition coefficient (Wildman–Crippen LogP) is 1.61. The lowest BCUT2D eigenvalue weighted by Crippen LogP contribution is -2.31. The number of nitrogens with one attached hydrogen (secondary N) is 1. The Morgan fingerprint density at radius 2 is 1.53 bits per heavy atom. The first-order chi connectivity index (χ1) is 14.2. The van der Waals surface area contributed by atoms with E-state index in [0.29, 0.717) is 18.8 Å². The number of methoxy groups -OCH3 is 2. The average molecular weight is 455 g/mol. The molecule has 162 valence electrons. The third kappa shape index (κ3) is 4.42. The van der Waals surface area contributed by atoms with Crippen LogP contribution in [0.2, 0.25) is 0 Å². The molecule has 1 N–H and O–H groups in total. The molecule has 0 unspecified atom stereocenters. The summed E-state index contributed by atoms with van der Waals surface area (Å²) in [4.78, 5) is 12.0. The van der Waals surface area contributed by atoms with Crippen LogP contribution in [0.1, 0.15) is 23.2 Å². The molecule has 3 rings (SSSR count). The number of amides is 1. The normalized spacial score (nSPS) is 15.0. The second-order valence-corrected chi connectivity index (χ2v) is 10.2. The molecule has 0 aliphatic carbocycles. The van der Waals surface area contributed by atoms with Crippen molar-refractivity contribution in [1.82, 2.24) is 9.03 Å². The zero-order valence-corrected chi connectivity index (χ0v) is 18.1. The third-order valence-corrected chi connectivity index (χ3v) is 7.91. The standard InChI is InChI=1S/C19H22N2O7S2/c1-27-17-9-8-14(12-18(17)28-2)19(22)20-29(23,24)15-6-5-7-16(13-15)30(25,26)21-10-3-4-11-21/h5-9,12-13H,3-4,10-11H2,1-2H3,(H,20,22). The Morgan fingerprint density at radius 3 is 2.17 bits per heavy atom. The van der Waals surface area contributed by atoms with E-state index >= 15 is 0 Å². The van der Waals surface area contributed by atoms with E-state index in [1.807, 2.05) is 4.72 Å². The molecule has 1 aliphatic rings. The van der Waals surface area contributed by atoms with Crippen molar-refractivity contribution in [2.75, 3.05) is 27.3 Å². The molecular weight excluding hydrogens is 432 g/mol. The van der Waals surface area contributed by atoms with Crippen molar-refractivity contribution in [1.29, 1.82) is 0 Å². The van der Waals surface area contributed by atoms with Crippen LogP contribution in [0.15, 0.2) is 52.3 Å². The minimum atomic E-state index is -4.30. The van der Waals surface area contributed by atoms with Gasteiger partial charge >= 0.3 is 0 Å². The number of benzene rings is 2. The molecule has 1 aliphatic heterocycles. The van der Waals surface area contributed by atoms with Crippen LogP contribution in [0.5, 0.6) is 11.5 Å². The summed E-state index contributed by atoms with van der Waals surface area (Å²) in [6.07, 6.45) is 1.53. The van der Waals surface area contributed by atoms with Crippen molar-refractivity contribution in [2.45, 2.75) is 22.6 Å². The fourth-order valence-electron chi connectivity index (χ4n) is 3.10. The van der Waals surface area contributed by atoms with Gasteiger partial charge in [0.2, 0.25) is 10.0 Å². The zero-order valence-electron chi connectivity index (χ0n) is 16.5. The van der Waals surface area contributed by atoms with Crippen molar-refractivity contribution in [2.24, 2.45) is 0 Å². The second-order valence-electron chi connectivity index (χ2n) is 6.59. The van der Waals surface area contributed by atoms with Gasteiger partial charge in [-0.3, -0.25) is 4.79 Å². The van der Waals surface area contributed by atoms with Gasteiger partial charge in [0.15, 0.2) is 11.5 Å². The van der Waals surface area contributed by atoms with Crippen molar-refractivity contribution in [3.8, 4) is 11.5 Å². The van der Waals surface area contributed by atoms with E-state index in [9.17, 15) is 21.6 Å². The summed E-state index contributed by atoms with van der Waals surface area (Å²) < 4.78 is 64.3. The molecular formula is C19H22N2O7S2. The van der Waals surface area contributed by atoms with Gasteiger partial charge in [-0.2, -0.15) is 4.31 Å². The minimum absolute atomic E-state index is 0.0390. The largest absolute Gasteiger partial charge is 0.493 e. The lowest BCUT2D eigenvalue weighted by atomic mass is 10.2. The van der Waals surface area contributed by atoms with Crippen LogP contribution in [-0.2, 0) is 20.0 Å². The summed E-state index contributed by atoms with van der Waals surface area (Å²) in [5.74, 6) is -0.235. The van der Waals surface area contributed by atoms with Gasteiger partial charge in [0.05, 0.1) is 24.0 Å². The highest BCUT2D eigenvalue weighted by Crippen LogP contribution is 2.28. The molecule has 0 saturated carbocycles. The Hall–Kier alpha value is -2.63. The smallest absolute Gasteiger partial charge is 0.265 e. The lowest BCUT2D eigenvalue weighted by Gasteiger charge is -2.16. The van der Waals surface area contributed by atoms with E-state index in [4.69, 9.17) is 9.47 Å². The topological polar surface area (TPSA) is 119 Å². The SMILES string of the molecule is COc1ccc(C(=O)NS(=O)(=O)c2cccc(S(=O)(=O)N3CCCC3)c2)cc1OC. The number of rotatable bonds is 7. The fraction of sp³-hybridized carbons (Fsp3) is 0.316. The highest BCUT2D eigenvalue weighted by atomic mass is 32.2. The molecule has 30 heavy (non-hydrogen) atoms. The minimum Gasteiger partial charge on any atom is -0.493 e. The van der Waals surface area contributed by atoms with Gasteiger partial charge in [0.25, 0.3) is 15.9 Å². The van der Waals surface area contributed by atoms with E-state index in [1.165, 1.54) is 54.9 Å². The van der Waals surface area contributed by atoms with Crippen LogP contribution in [-0.4, -0.2) is 54.4 Å². The zero-order chi connectivity index (χ0) is 21.9. The number of hydrogen-bond acceptors (Lipinski definition) is 7. The summed E-state index contributed by atoms with van der Waals surface area (Å²) >= 11 is 0. The van der Waals surface area contributed by atoms with Crippen LogP contribution in [0, 0.1) is 0 Å². The van der Waals surface area contributed by atoms with Gasteiger partial charge in [-0.05, 0) is 49.2 Å². The summed E-state index contributed by atoms with van der Waals surface area (Å²) in [5.41, 5.74) is 0.0390. The molecule has 11 heteroatoms. The maximum atomic E-state index is 12.7. The lowest BCUT2D eigenvalue weighted by molar-refractivity contribution is 0.0981. The van der Waals surface area contributed by atoms with Gasteiger partial charge in [-0.15, -0.1) is 0 Å². The molecule has 0 bridgehead atoms. The number of carbonyl (C=O) groups excluding carboxylic acids is 1. The van der Waals surface area contributed by atoms with E-state index in [-0.39, 0.29) is 21.1 Å². The summed E-state index contributed by atoms with van der Waals surface area (Å²) in [6, 6.07) is 9.16. The van der Waals surface area contributed by atoms with Crippen molar-refractivity contribution >= 4 is 26.0 Å². The Bertz CT molecular complexity index is 1160. The van der Waals surface area contributed by atoms with E-state index in [1.54, 1.807) is 0 Å². The van der Waals surface area contributed by atoms with Crippen LogP contribution in [0.25, 0.3) is 0 Å². The number of ether oxygens (including phenoxy) is 2. The van der Waals surface area contributed by atoms with Gasteiger partial charge in [-0.1, -0.05) is 6.07 Å². The Labute approximate surface area is 175 Å². The number of carbonyl (C=O) groups is 1. The quantitative estimate of drug-likeness (QED) is 0.675. The number of sulfonamides is 2. The molecule has 2 aromatic rings. The predicted molar refractivity (Wildman–Crippen MR) is 109 cm³/mol. The Morgan fingerprint density at radius 1 is 0.900 bits per heavy atom. The van der Waals surface area contributed by atoms with Gasteiger partial charge in [0, 0.05) is 18.7 Å². The maximum Gasteiger partial charge on any atom is 0.265 e. The van der Waals surface area contributed by atoms with Crippen LogP contribution in [0.3, 0.4) is 0 Å². The van der Waals surface area contributed by atoms with Crippen molar-refractivity contribution in [3.63, 3.8) is 0 Å². The van der Waals surface area contributed by atoms with E-state index < -0.39 is 26.0 Å². The highest BCUT2D eigenvalue weighted by Gasteiger charge is 2.29. The molecule has 1 saturated heterocycles. The van der Waals surface area contributed by atoms with Gasteiger partial charge in [0.1, 0.15) is 0 Å². The number of nitrogens with zero attached hydrogens (tertiary/aromatic N) is 1. The van der Waals surface area contributed by atoms with E-state index in [2.05, 4.69) is 0 Å². The highest BCUT2D eigenvalue weighted by molar-refractivity contribution is 7.90. The second kappa shape index (κ2) is 8.62. The molecule has 1 amide bonds. The monoisotopic (exact) mass is 454 g/mol. The van der Waals surface area contributed by atoms with E-state index in [0.717, 1.165) is 18.9 Å². The number of hydrogen-bond donors (Lipinski definition) is 1. The van der Waals surface area contributed by atoms with Crippen LogP contribution in [0.4, 0.5) is 0 Å². The summed E-state index contributed by atoms with van der Waals surface area (Å²) in [5, 5.41) is 0. The van der Waals surface area contributed by atoms with Crippen LogP contribution < -0.4 is 14.2 Å². The van der Waals surface area contributed by atoms with Crippen molar-refractivity contribution in [3.05, 3.63) is 48.0 Å². The van der Waals surface area contributed by atoms with Crippen molar-refractivity contribution < 1.29 is 31.1 Å².